The lowest BCUT2D eigenvalue weighted by Crippen LogP contribution is -2.58. The maximum absolute atomic E-state index is 11.9. The summed E-state index contributed by atoms with van der Waals surface area (Å²) in [6.45, 7) is 31.8. The van der Waals surface area contributed by atoms with Crippen LogP contribution in [0.2, 0.25) is 0 Å². The Morgan fingerprint density at radius 1 is 0.407 bits per heavy atom. The van der Waals surface area contributed by atoms with Gasteiger partial charge in [-0.05, 0) is 154 Å². The highest BCUT2D eigenvalue weighted by Crippen LogP contribution is 2.72. The molecule has 3 nitrogen and oxygen atoms in total. The van der Waals surface area contributed by atoms with Gasteiger partial charge in [0.2, 0.25) is 0 Å². The Morgan fingerprint density at radius 2 is 0.753 bits per heavy atom. The summed E-state index contributed by atoms with van der Waals surface area (Å²) in [5, 5.41) is 28.9. The van der Waals surface area contributed by atoms with Crippen LogP contribution in [0.1, 0.15) is 208 Å². The summed E-state index contributed by atoms with van der Waals surface area (Å²) >= 11 is 0. The molecule has 19 rings (SSSR count). The number of aromatic nitrogens is 1. The van der Waals surface area contributed by atoms with Gasteiger partial charge >= 0.3 is 0 Å². The lowest BCUT2D eigenvalue weighted by molar-refractivity contribution is 0.157. The Bertz CT molecular complexity index is 4520. The third-order valence-corrected chi connectivity index (χ3v) is 23.1. The molecule has 11 aromatic rings. The Kier molecular flexibility index (Phi) is 8.37. The second-order valence-electron chi connectivity index (χ2n) is 28.9. The van der Waals surface area contributed by atoms with Crippen molar-refractivity contribution in [2.24, 2.45) is 0 Å². The summed E-state index contributed by atoms with van der Waals surface area (Å²) in [5.74, 6) is -0.225. The van der Waals surface area contributed by atoms with Crippen molar-refractivity contribution in [2.45, 2.75) is 140 Å². The average Bonchev–Trinajstić information content (AvgIpc) is 1.64. The minimum atomic E-state index is -0.592. The standard InChI is InChI=1S/C78H65N3/c1-72(2,3)42-30-32-48-54(36-42)74(7,8)78(13)70-60(48)66-62-56(34-40(38-79)68-64(62)58-44-22-14-18-26-50(44)76(68,11)51-27-19-15-23-45(51)58)81-57-35-41(39-80)69-65(59-46-24-16-20-28-52(46)77(69,12)53-29-21-17-25-47(53)59)63(57)67(71(66)81)61(70)49-33-31-43(73(4,5)6)37-55(49)75(78,9)10/h14-37,58-59H,1-13H3. The molecule has 0 amide bonds. The Hall–Kier alpha value is -8.24. The van der Waals surface area contributed by atoms with E-state index in [9.17, 15) is 10.5 Å². The van der Waals surface area contributed by atoms with Crippen LogP contribution in [-0.4, -0.2) is 4.40 Å². The zero-order chi connectivity index (χ0) is 55.9. The second kappa shape index (κ2) is 14.3. The van der Waals surface area contributed by atoms with Crippen molar-refractivity contribution in [2.75, 3.05) is 0 Å². The van der Waals surface area contributed by atoms with E-state index < -0.39 is 16.2 Å². The maximum atomic E-state index is 11.9. The van der Waals surface area contributed by atoms with Gasteiger partial charge in [0.25, 0.3) is 0 Å². The van der Waals surface area contributed by atoms with Gasteiger partial charge in [0.1, 0.15) is 0 Å². The van der Waals surface area contributed by atoms with E-state index >= 15 is 0 Å². The molecule has 2 aromatic heterocycles. The molecule has 0 radical (unpaired) electrons. The van der Waals surface area contributed by atoms with Gasteiger partial charge in [-0.2, -0.15) is 10.5 Å². The highest BCUT2D eigenvalue weighted by Gasteiger charge is 2.63. The molecule has 3 heteroatoms. The molecule has 0 unspecified atom stereocenters. The van der Waals surface area contributed by atoms with E-state index in [0.717, 1.165) is 33.3 Å². The predicted octanol–water partition coefficient (Wildman–Crippen LogP) is 18.7. The zero-order valence-corrected chi connectivity index (χ0v) is 48.9. The van der Waals surface area contributed by atoms with Gasteiger partial charge in [-0.15, -0.1) is 0 Å². The first-order chi connectivity index (χ1) is 38.6. The van der Waals surface area contributed by atoms with Gasteiger partial charge < -0.3 is 4.40 Å². The van der Waals surface area contributed by atoms with E-state index in [2.05, 4.69) is 252 Å². The summed E-state index contributed by atoms with van der Waals surface area (Å²) in [6.07, 6.45) is 0. The fourth-order valence-corrected chi connectivity index (χ4v) is 19.0. The van der Waals surface area contributed by atoms with E-state index in [1.807, 2.05) is 0 Å². The van der Waals surface area contributed by atoms with Gasteiger partial charge in [-0.25, -0.2) is 0 Å². The molecule has 8 aliphatic rings. The first-order valence-electron chi connectivity index (χ1n) is 29.5. The number of rotatable bonds is 0. The monoisotopic (exact) mass is 1040 g/mol. The lowest BCUT2D eigenvalue weighted by Gasteiger charge is -2.61. The number of benzene rings is 9. The van der Waals surface area contributed by atoms with Crippen LogP contribution in [0.15, 0.2) is 146 Å². The predicted molar refractivity (Wildman–Crippen MR) is 331 cm³/mol. The normalized spacial score (nSPS) is 23.2. The quantitative estimate of drug-likeness (QED) is 0.152. The molecule has 0 atom stereocenters. The van der Waals surface area contributed by atoms with Crippen molar-refractivity contribution < 1.29 is 0 Å². The molecule has 9 aromatic carbocycles. The van der Waals surface area contributed by atoms with E-state index in [1.54, 1.807) is 0 Å². The van der Waals surface area contributed by atoms with Crippen molar-refractivity contribution in [3.63, 3.8) is 0 Å². The molecule has 0 N–H and O–H groups in total. The maximum Gasteiger partial charge on any atom is 0.0995 e. The third kappa shape index (κ3) is 4.94. The molecule has 4 bridgehead atoms. The van der Waals surface area contributed by atoms with Crippen LogP contribution in [0.25, 0.3) is 60.3 Å². The van der Waals surface area contributed by atoms with Gasteiger partial charge in [0.05, 0.1) is 39.8 Å². The number of nitrogens with zero attached hydrogens (tertiary/aromatic N) is 3. The van der Waals surface area contributed by atoms with Crippen LogP contribution in [0.3, 0.4) is 0 Å². The second-order valence-corrected chi connectivity index (χ2v) is 28.9. The molecule has 8 aliphatic carbocycles. The van der Waals surface area contributed by atoms with E-state index in [1.165, 1.54) is 133 Å². The van der Waals surface area contributed by atoms with E-state index in [-0.39, 0.29) is 33.5 Å². The smallest absolute Gasteiger partial charge is 0.0995 e. The lowest BCUT2D eigenvalue weighted by atomic mass is 9.41. The molecule has 81 heavy (non-hydrogen) atoms. The number of nitriles is 2. The SMILES string of the molecule is CC(C)(C)c1ccc2c(c1)C(C)(C)C1(C)c3c-2c2c4c5c(c(C#N)cc4n4c6cc(C#N)c7c(c6c(c3-c3ccc(C(C)(C)C)cc3C1(C)C)c24)C1c2ccccc2C7(C)c2ccccc21)C1(C)c2ccccc2C5c2ccccc21. The minimum Gasteiger partial charge on any atom is -0.308 e. The minimum absolute atomic E-state index is 0.0828. The Morgan fingerprint density at radius 3 is 1.09 bits per heavy atom. The number of hydrogen-bond donors (Lipinski definition) is 0. The van der Waals surface area contributed by atoms with Crippen LogP contribution in [0, 0.1) is 22.7 Å². The number of hydrogen-bond acceptors (Lipinski definition) is 2. The highest BCUT2D eigenvalue weighted by molar-refractivity contribution is 6.34. The molecule has 2 heterocycles. The fraction of sp³-hybridized carbons (Fsp3) is 0.282. The van der Waals surface area contributed by atoms with E-state index in [4.69, 9.17) is 0 Å². The Balaban J connectivity index is 1.20. The van der Waals surface area contributed by atoms with Crippen molar-refractivity contribution in [3.8, 4) is 34.4 Å². The van der Waals surface area contributed by atoms with Gasteiger partial charge in [0.15, 0.2) is 0 Å². The Labute approximate surface area is 475 Å². The topological polar surface area (TPSA) is 52.0 Å². The first kappa shape index (κ1) is 47.6. The van der Waals surface area contributed by atoms with Crippen molar-refractivity contribution >= 4 is 38.1 Å². The molecule has 392 valence electrons. The highest BCUT2D eigenvalue weighted by atomic mass is 14.9. The van der Waals surface area contributed by atoms with Crippen LogP contribution >= 0.6 is 0 Å². The third-order valence-electron chi connectivity index (χ3n) is 23.1. The molecule has 0 saturated heterocycles. The molecular formula is C78H65N3. The number of fused-ring (bicyclic) bond motifs is 12. The molecular weight excluding hydrogens is 979 g/mol. The summed E-state index contributed by atoms with van der Waals surface area (Å²) in [7, 11) is 0. The van der Waals surface area contributed by atoms with E-state index in [0.29, 0.717) is 0 Å². The zero-order valence-electron chi connectivity index (χ0n) is 48.9. The van der Waals surface area contributed by atoms with Crippen LogP contribution in [0.5, 0.6) is 0 Å². The summed E-state index contributed by atoms with van der Waals surface area (Å²) in [5.41, 5.74) is 29.5. The van der Waals surface area contributed by atoms with Gasteiger partial charge in [0, 0.05) is 60.5 Å². The summed E-state index contributed by atoms with van der Waals surface area (Å²) in [6, 6.07) is 61.8. The van der Waals surface area contributed by atoms with Crippen molar-refractivity contribution in [1.82, 2.24) is 4.40 Å². The fourth-order valence-electron chi connectivity index (χ4n) is 19.0. The summed E-state index contributed by atoms with van der Waals surface area (Å²) in [4.78, 5) is 0. The van der Waals surface area contributed by atoms with Gasteiger partial charge in [-0.1, -0.05) is 210 Å². The van der Waals surface area contributed by atoms with Crippen molar-refractivity contribution in [3.05, 3.63) is 251 Å². The molecule has 0 fully saturated rings. The van der Waals surface area contributed by atoms with Gasteiger partial charge in [-0.3, -0.25) is 0 Å². The van der Waals surface area contributed by atoms with Crippen LogP contribution < -0.4 is 0 Å². The average molecular weight is 1040 g/mol. The van der Waals surface area contributed by atoms with Crippen LogP contribution in [0.4, 0.5) is 0 Å². The summed E-state index contributed by atoms with van der Waals surface area (Å²) < 4.78 is 2.59. The molecule has 0 aliphatic heterocycles. The molecule has 0 saturated carbocycles. The largest absolute Gasteiger partial charge is 0.308 e. The molecule has 0 spiro atoms. The van der Waals surface area contributed by atoms with Crippen molar-refractivity contribution in [1.29, 1.82) is 10.5 Å². The first-order valence-corrected chi connectivity index (χ1v) is 29.5. The van der Waals surface area contributed by atoms with Crippen LogP contribution in [-0.2, 0) is 37.9 Å².